The van der Waals surface area contributed by atoms with E-state index < -0.39 is 11.7 Å². The van der Waals surface area contributed by atoms with Crippen molar-refractivity contribution in [1.29, 1.82) is 0 Å². The van der Waals surface area contributed by atoms with Gasteiger partial charge in [0.15, 0.2) is 0 Å². The van der Waals surface area contributed by atoms with Crippen LogP contribution in [0.1, 0.15) is 59.3 Å². The van der Waals surface area contributed by atoms with E-state index >= 15 is 0 Å². The van der Waals surface area contributed by atoms with Gasteiger partial charge in [-0.05, 0) is 59.3 Å². The number of likely N-dealkylation sites (tertiary alicyclic amines) is 1. The summed E-state index contributed by atoms with van der Waals surface area (Å²) in [7, 11) is 1.66. The Bertz CT molecular complexity index is 378. The van der Waals surface area contributed by atoms with Gasteiger partial charge in [0.1, 0.15) is 5.60 Å². The van der Waals surface area contributed by atoms with Gasteiger partial charge in [-0.25, -0.2) is 4.79 Å². The van der Waals surface area contributed by atoms with Gasteiger partial charge in [0, 0.05) is 19.7 Å². The molecule has 23 heavy (non-hydrogen) atoms. The van der Waals surface area contributed by atoms with Crippen molar-refractivity contribution in [3.63, 3.8) is 0 Å². The lowest BCUT2D eigenvalue weighted by atomic mass is 9.94. The summed E-state index contributed by atoms with van der Waals surface area (Å²) in [5, 5.41) is 9.95. The Labute approximate surface area is 140 Å². The Morgan fingerprint density at radius 3 is 2.70 bits per heavy atom. The van der Waals surface area contributed by atoms with Gasteiger partial charge in [-0.3, -0.25) is 0 Å². The average Bonchev–Trinajstić information content (AvgIpc) is 2.45. The van der Waals surface area contributed by atoms with Gasteiger partial charge in [-0.2, -0.15) is 0 Å². The summed E-state index contributed by atoms with van der Waals surface area (Å²) in [5.74, 6) is 0. The number of nitrogens with zero attached hydrogens (tertiary/aromatic N) is 1. The fourth-order valence-corrected chi connectivity index (χ4v) is 2.99. The lowest BCUT2D eigenvalue weighted by Crippen LogP contribution is -2.47. The van der Waals surface area contributed by atoms with Crippen molar-refractivity contribution in [2.75, 3.05) is 13.7 Å². The minimum atomic E-state index is -0.486. The van der Waals surface area contributed by atoms with Crippen molar-refractivity contribution < 1.29 is 19.4 Å². The summed E-state index contributed by atoms with van der Waals surface area (Å²) in [6, 6.07) is 0.111. The summed E-state index contributed by atoms with van der Waals surface area (Å²) in [6.45, 7) is 10.0. The zero-order valence-electron chi connectivity index (χ0n) is 15.1. The smallest absolute Gasteiger partial charge is 0.410 e. The van der Waals surface area contributed by atoms with E-state index in [-0.39, 0.29) is 18.2 Å². The van der Waals surface area contributed by atoms with Crippen molar-refractivity contribution in [3.8, 4) is 0 Å². The van der Waals surface area contributed by atoms with Crippen molar-refractivity contribution in [3.05, 3.63) is 12.7 Å². The molecule has 1 fully saturated rings. The van der Waals surface area contributed by atoms with Crippen LogP contribution in [0.5, 0.6) is 0 Å². The first-order chi connectivity index (χ1) is 10.8. The molecule has 0 aromatic carbocycles. The van der Waals surface area contributed by atoms with Crippen LogP contribution < -0.4 is 0 Å². The van der Waals surface area contributed by atoms with Gasteiger partial charge in [-0.1, -0.05) is 6.08 Å². The lowest BCUT2D eigenvalue weighted by molar-refractivity contribution is -0.00938. The number of hydrogen-bond donors (Lipinski definition) is 1. The van der Waals surface area contributed by atoms with Gasteiger partial charge in [0.25, 0.3) is 0 Å². The molecule has 0 spiro atoms. The highest BCUT2D eigenvalue weighted by Crippen LogP contribution is 2.25. The summed E-state index contributed by atoms with van der Waals surface area (Å²) >= 11 is 0. The molecule has 1 N–H and O–H groups in total. The van der Waals surface area contributed by atoms with Crippen molar-refractivity contribution >= 4 is 6.09 Å². The van der Waals surface area contributed by atoms with Gasteiger partial charge in [0.05, 0.1) is 12.2 Å². The van der Waals surface area contributed by atoms with Crippen molar-refractivity contribution in [2.24, 2.45) is 0 Å². The van der Waals surface area contributed by atoms with E-state index in [0.29, 0.717) is 12.8 Å². The molecule has 5 nitrogen and oxygen atoms in total. The fourth-order valence-electron chi connectivity index (χ4n) is 2.99. The van der Waals surface area contributed by atoms with E-state index in [1.54, 1.807) is 13.2 Å². The first-order valence-corrected chi connectivity index (χ1v) is 8.58. The molecular weight excluding hydrogens is 294 g/mol. The Morgan fingerprint density at radius 1 is 1.43 bits per heavy atom. The standard InChI is InChI=1S/C18H33NO4/c1-6-9-15(20)13-16(22-5)12-14-10-7-8-11-19(14)17(21)23-18(2,3)4/h6,14-16,20H,1,7-13H2,2-5H3/t14-,15-,16+/m0/s1. The second-order valence-electron chi connectivity index (χ2n) is 7.33. The molecule has 3 atom stereocenters. The third kappa shape index (κ3) is 7.36. The molecule has 1 aliphatic heterocycles. The minimum absolute atomic E-state index is 0.0713. The lowest BCUT2D eigenvalue weighted by Gasteiger charge is -2.38. The number of aliphatic hydroxyl groups excluding tert-OH is 1. The van der Waals surface area contributed by atoms with Crippen molar-refractivity contribution in [2.45, 2.75) is 83.1 Å². The largest absolute Gasteiger partial charge is 0.444 e. The summed E-state index contributed by atoms with van der Waals surface area (Å²) in [6.07, 6.45) is 5.85. The number of ether oxygens (including phenoxy) is 2. The maximum atomic E-state index is 12.4. The second-order valence-corrected chi connectivity index (χ2v) is 7.33. The first kappa shape index (κ1) is 20.0. The van der Waals surface area contributed by atoms with Crippen molar-refractivity contribution in [1.82, 2.24) is 4.90 Å². The predicted molar refractivity (Wildman–Crippen MR) is 91.4 cm³/mol. The van der Waals surface area contributed by atoms with Crippen LogP contribution in [0.15, 0.2) is 12.7 Å². The minimum Gasteiger partial charge on any atom is -0.444 e. The summed E-state index contributed by atoms with van der Waals surface area (Å²) in [4.78, 5) is 14.3. The molecule has 0 saturated carbocycles. The Balaban J connectivity index is 2.65. The Morgan fingerprint density at radius 2 is 2.13 bits per heavy atom. The number of rotatable bonds is 7. The van der Waals surface area contributed by atoms with Crippen LogP contribution in [0, 0.1) is 0 Å². The maximum absolute atomic E-state index is 12.4. The Kier molecular flexibility index (Phi) is 8.06. The monoisotopic (exact) mass is 327 g/mol. The molecule has 1 heterocycles. The molecule has 1 saturated heterocycles. The van der Waals surface area contributed by atoms with Gasteiger partial charge in [0.2, 0.25) is 0 Å². The van der Waals surface area contributed by atoms with E-state index in [4.69, 9.17) is 9.47 Å². The summed E-state index contributed by atoms with van der Waals surface area (Å²) in [5.41, 5.74) is -0.486. The number of carbonyl (C=O) groups is 1. The molecule has 5 heteroatoms. The highest BCUT2D eigenvalue weighted by Gasteiger charge is 2.32. The highest BCUT2D eigenvalue weighted by molar-refractivity contribution is 5.68. The predicted octanol–water partition coefficient (Wildman–Crippen LogP) is 3.51. The zero-order chi connectivity index (χ0) is 17.5. The van der Waals surface area contributed by atoms with Gasteiger partial charge < -0.3 is 19.5 Å². The molecular formula is C18H33NO4. The molecule has 0 radical (unpaired) electrons. The number of amides is 1. The number of carbonyl (C=O) groups excluding carboxylic acids is 1. The zero-order valence-corrected chi connectivity index (χ0v) is 15.1. The van der Waals surface area contributed by atoms with E-state index in [1.807, 2.05) is 25.7 Å². The molecule has 0 bridgehead atoms. The van der Waals surface area contributed by atoms with Crippen LogP contribution in [-0.2, 0) is 9.47 Å². The molecule has 1 aliphatic rings. The topological polar surface area (TPSA) is 59.0 Å². The third-order valence-electron chi connectivity index (χ3n) is 4.10. The molecule has 0 aromatic heterocycles. The quantitative estimate of drug-likeness (QED) is 0.727. The molecule has 1 amide bonds. The molecule has 0 unspecified atom stereocenters. The Hall–Kier alpha value is -1.07. The SMILES string of the molecule is C=CC[C@H](O)C[C@@H](C[C@@H]1CCCCN1C(=O)OC(C)(C)C)OC. The fraction of sp³-hybridized carbons (Fsp3) is 0.833. The van der Waals surface area contributed by atoms with Crippen LogP contribution in [0.25, 0.3) is 0 Å². The van der Waals surface area contributed by atoms with Crippen LogP contribution in [0.3, 0.4) is 0 Å². The van der Waals surface area contributed by atoms with E-state index in [1.165, 1.54) is 0 Å². The van der Waals surface area contributed by atoms with E-state index in [2.05, 4.69) is 6.58 Å². The number of hydrogen-bond acceptors (Lipinski definition) is 4. The third-order valence-corrected chi connectivity index (χ3v) is 4.10. The normalized spacial score (nSPS) is 21.6. The first-order valence-electron chi connectivity index (χ1n) is 8.58. The van der Waals surface area contributed by atoms with Crippen LogP contribution >= 0.6 is 0 Å². The number of methoxy groups -OCH3 is 1. The van der Waals surface area contributed by atoms with Crippen LogP contribution in [0.4, 0.5) is 4.79 Å². The number of aliphatic hydroxyl groups is 1. The van der Waals surface area contributed by atoms with Crippen LogP contribution in [-0.4, -0.2) is 53.6 Å². The molecule has 134 valence electrons. The van der Waals surface area contributed by atoms with Gasteiger partial charge in [-0.15, -0.1) is 6.58 Å². The molecule has 0 aliphatic carbocycles. The van der Waals surface area contributed by atoms with Crippen LogP contribution in [0.2, 0.25) is 0 Å². The second kappa shape index (κ2) is 9.28. The average molecular weight is 327 g/mol. The maximum Gasteiger partial charge on any atom is 0.410 e. The number of piperidine rings is 1. The molecule has 1 rings (SSSR count). The van der Waals surface area contributed by atoms with E-state index in [0.717, 1.165) is 32.2 Å². The molecule has 0 aromatic rings. The highest BCUT2D eigenvalue weighted by atomic mass is 16.6. The van der Waals surface area contributed by atoms with Gasteiger partial charge >= 0.3 is 6.09 Å². The summed E-state index contributed by atoms with van der Waals surface area (Å²) < 4.78 is 11.1. The van der Waals surface area contributed by atoms with E-state index in [9.17, 15) is 9.90 Å².